The van der Waals surface area contributed by atoms with Gasteiger partial charge < -0.3 is 5.73 Å². The third kappa shape index (κ3) is 3.88. The summed E-state index contributed by atoms with van der Waals surface area (Å²) in [5.74, 6) is 1.68. The van der Waals surface area contributed by atoms with Crippen molar-refractivity contribution in [3.05, 3.63) is 0 Å². The van der Waals surface area contributed by atoms with E-state index < -0.39 is 0 Å². The molecular weight excluding hydrogens is 297 g/mol. The van der Waals surface area contributed by atoms with Crippen LogP contribution in [0, 0.1) is 11.8 Å². The number of alkyl halides is 1. The van der Waals surface area contributed by atoms with Crippen molar-refractivity contribution >= 4 is 22.6 Å². The summed E-state index contributed by atoms with van der Waals surface area (Å²) >= 11 is 2.67. The lowest BCUT2D eigenvalue weighted by molar-refractivity contribution is 0.212. The fourth-order valence-electron chi connectivity index (χ4n) is 2.98. The van der Waals surface area contributed by atoms with Crippen molar-refractivity contribution in [3.8, 4) is 0 Å². The molecule has 4 unspecified atom stereocenters. The molecule has 0 aromatic heterocycles. The maximum absolute atomic E-state index is 6.29. The van der Waals surface area contributed by atoms with Crippen LogP contribution >= 0.6 is 22.6 Å². The lowest BCUT2D eigenvalue weighted by atomic mass is 9.74. The summed E-state index contributed by atoms with van der Waals surface area (Å²) in [6.45, 7) is 4.53. The van der Waals surface area contributed by atoms with Gasteiger partial charge in [-0.25, -0.2) is 0 Å². The molecule has 4 atom stereocenters. The molecule has 0 spiro atoms. The van der Waals surface area contributed by atoms with Gasteiger partial charge in [-0.2, -0.15) is 0 Å². The molecule has 0 aromatic carbocycles. The molecule has 1 saturated carbocycles. The Balaban J connectivity index is 2.59. The smallest absolute Gasteiger partial charge is 0.0141 e. The fourth-order valence-corrected chi connectivity index (χ4v) is 4.31. The molecule has 2 heteroatoms. The third-order valence-corrected chi connectivity index (χ3v) is 5.47. The van der Waals surface area contributed by atoms with Crippen molar-refractivity contribution in [1.82, 2.24) is 0 Å². The minimum Gasteiger partial charge on any atom is -0.327 e. The van der Waals surface area contributed by atoms with Gasteiger partial charge in [-0.15, -0.1) is 0 Å². The van der Waals surface area contributed by atoms with Crippen LogP contribution < -0.4 is 5.73 Å². The lowest BCUT2D eigenvalue weighted by Gasteiger charge is -2.37. The van der Waals surface area contributed by atoms with Gasteiger partial charge in [0.15, 0.2) is 0 Å². The van der Waals surface area contributed by atoms with Gasteiger partial charge in [0.1, 0.15) is 0 Å². The average Bonchev–Trinajstić information content (AvgIpc) is 2.26. The third-order valence-electron chi connectivity index (χ3n) is 3.93. The number of nitrogens with two attached hydrogens (primary N) is 1. The second-order valence-electron chi connectivity index (χ2n) is 4.99. The van der Waals surface area contributed by atoms with E-state index in [1.807, 2.05) is 0 Å². The van der Waals surface area contributed by atoms with E-state index >= 15 is 0 Å². The minimum absolute atomic E-state index is 0.435. The SMILES string of the molecule is CCCC(C(N)CC)C1CCCCC1I. The van der Waals surface area contributed by atoms with Gasteiger partial charge in [0.2, 0.25) is 0 Å². The van der Waals surface area contributed by atoms with Crippen molar-refractivity contribution in [1.29, 1.82) is 0 Å². The highest BCUT2D eigenvalue weighted by molar-refractivity contribution is 14.1. The van der Waals surface area contributed by atoms with E-state index in [1.54, 1.807) is 0 Å². The van der Waals surface area contributed by atoms with E-state index in [9.17, 15) is 0 Å². The first kappa shape index (κ1) is 13.8. The molecule has 1 aliphatic carbocycles. The van der Waals surface area contributed by atoms with Gasteiger partial charge in [0.25, 0.3) is 0 Å². The van der Waals surface area contributed by atoms with Gasteiger partial charge in [-0.3, -0.25) is 0 Å². The number of halogens is 1. The summed E-state index contributed by atoms with van der Waals surface area (Å²) in [7, 11) is 0. The molecule has 0 amide bonds. The predicted octanol–water partition coefficient (Wildman–Crippen LogP) is 4.13. The number of hydrogen-bond acceptors (Lipinski definition) is 1. The van der Waals surface area contributed by atoms with Crippen LogP contribution in [0.15, 0.2) is 0 Å². The van der Waals surface area contributed by atoms with Crippen molar-refractivity contribution in [2.45, 2.75) is 68.8 Å². The van der Waals surface area contributed by atoms with Crippen molar-refractivity contribution in [3.63, 3.8) is 0 Å². The summed E-state index contributed by atoms with van der Waals surface area (Å²) in [5, 5.41) is 0. The summed E-state index contributed by atoms with van der Waals surface area (Å²) in [4.78, 5) is 0. The quantitative estimate of drug-likeness (QED) is 0.597. The summed E-state index contributed by atoms with van der Waals surface area (Å²) < 4.78 is 0.880. The molecule has 0 radical (unpaired) electrons. The Hall–Kier alpha value is 0.690. The zero-order valence-corrected chi connectivity index (χ0v) is 12.4. The molecule has 1 nitrogen and oxygen atoms in total. The first-order valence-corrected chi connectivity index (χ1v) is 7.84. The zero-order chi connectivity index (χ0) is 11.3. The lowest BCUT2D eigenvalue weighted by Crippen LogP contribution is -2.39. The topological polar surface area (TPSA) is 26.0 Å². The van der Waals surface area contributed by atoms with Crippen LogP contribution in [0.3, 0.4) is 0 Å². The normalized spacial score (nSPS) is 31.2. The molecule has 0 heterocycles. The van der Waals surface area contributed by atoms with Crippen LogP contribution in [0.5, 0.6) is 0 Å². The average molecular weight is 323 g/mol. The highest BCUT2D eigenvalue weighted by Crippen LogP contribution is 2.38. The van der Waals surface area contributed by atoms with Crippen LogP contribution in [0.2, 0.25) is 0 Å². The molecule has 1 fully saturated rings. The minimum atomic E-state index is 0.435. The van der Waals surface area contributed by atoms with Crippen LogP contribution in [0.25, 0.3) is 0 Å². The highest BCUT2D eigenvalue weighted by Gasteiger charge is 2.32. The van der Waals surface area contributed by atoms with E-state index in [4.69, 9.17) is 5.73 Å². The van der Waals surface area contributed by atoms with Crippen LogP contribution in [0.1, 0.15) is 58.8 Å². The van der Waals surface area contributed by atoms with Crippen LogP contribution in [-0.2, 0) is 0 Å². The molecular formula is C13H26IN. The second-order valence-corrected chi connectivity index (χ2v) is 6.59. The molecule has 0 bridgehead atoms. The molecule has 1 rings (SSSR count). The first-order chi connectivity index (χ1) is 7.20. The summed E-state index contributed by atoms with van der Waals surface area (Å²) in [5.41, 5.74) is 6.29. The van der Waals surface area contributed by atoms with Crippen LogP contribution in [0.4, 0.5) is 0 Å². The van der Waals surface area contributed by atoms with E-state index in [0.717, 1.165) is 22.2 Å². The first-order valence-electron chi connectivity index (χ1n) is 6.60. The van der Waals surface area contributed by atoms with Crippen molar-refractivity contribution in [2.24, 2.45) is 17.6 Å². The van der Waals surface area contributed by atoms with E-state index in [-0.39, 0.29) is 0 Å². The Labute approximate surface area is 109 Å². The molecule has 0 aromatic rings. The molecule has 0 saturated heterocycles. The Morgan fingerprint density at radius 1 is 1.27 bits per heavy atom. The van der Waals surface area contributed by atoms with Gasteiger partial charge >= 0.3 is 0 Å². The van der Waals surface area contributed by atoms with Gasteiger partial charge in [0.05, 0.1) is 0 Å². The Morgan fingerprint density at radius 3 is 2.47 bits per heavy atom. The van der Waals surface area contributed by atoms with E-state index in [2.05, 4.69) is 36.4 Å². The highest BCUT2D eigenvalue weighted by atomic mass is 127. The van der Waals surface area contributed by atoms with Gasteiger partial charge in [-0.05, 0) is 37.5 Å². The predicted molar refractivity (Wildman–Crippen MR) is 76.4 cm³/mol. The van der Waals surface area contributed by atoms with Gasteiger partial charge in [0, 0.05) is 9.97 Å². The zero-order valence-electron chi connectivity index (χ0n) is 10.2. The maximum atomic E-state index is 6.29. The maximum Gasteiger partial charge on any atom is 0.0141 e. The number of rotatable bonds is 5. The van der Waals surface area contributed by atoms with Gasteiger partial charge in [-0.1, -0.05) is 55.7 Å². The van der Waals surface area contributed by atoms with E-state index in [1.165, 1.54) is 38.5 Å². The molecule has 90 valence electrons. The monoisotopic (exact) mass is 323 g/mol. The fraction of sp³-hybridized carbons (Fsp3) is 1.00. The molecule has 0 aliphatic heterocycles. The van der Waals surface area contributed by atoms with Crippen LogP contribution in [-0.4, -0.2) is 9.97 Å². The standard InChI is InChI=1S/C13H26IN/c1-3-7-11(13(15)4-2)10-8-5-6-9-12(10)14/h10-13H,3-9,15H2,1-2H3. The van der Waals surface area contributed by atoms with E-state index in [0.29, 0.717) is 6.04 Å². The van der Waals surface area contributed by atoms with Crippen molar-refractivity contribution in [2.75, 3.05) is 0 Å². The summed E-state index contributed by atoms with van der Waals surface area (Å²) in [6, 6.07) is 0.435. The number of hydrogen-bond donors (Lipinski definition) is 1. The molecule has 15 heavy (non-hydrogen) atoms. The van der Waals surface area contributed by atoms with Crippen molar-refractivity contribution < 1.29 is 0 Å². The Kier molecular flexibility index (Phi) is 6.51. The summed E-state index contributed by atoms with van der Waals surface area (Å²) in [6.07, 6.45) is 9.47. The second kappa shape index (κ2) is 7.10. The molecule has 1 aliphatic rings. The molecule has 2 N–H and O–H groups in total. The Morgan fingerprint density at radius 2 is 1.93 bits per heavy atom. The largest absolute Gasteiger partial charge is 0.327 e. The Bertz CT molecular complexity index is 172.